The van der Waals surface area contributed by atoms with Gasteiger partial charge in [0.25, 0.3) is 5.91 Å². The number of carbonyl (C=O) groups excluding carboxylic acids is 1. The number of hydrogen-bond acceptors (Lipinski definition) is 5. The summed E-state index contributed by atoms with van der Waals surface area (Å²) < 4.78 is 32.0. The number of carbonyl (C=O) groups is 1. The summed E-state index contributed by atoms with van der Waals surface area (Å²) in [6.07, 6.45) is 3.05. The zero-order chi connectivity index (χ0) is 18.3. The van der Waals surface area contributed by atoms with Gasteiger partial charge in [0.2, 0.25) is 15.9 Å². The predicted octanol–water partition coefficient (Wildman–Crippen LogP) is 2.42. The summed E-state index contributed by atoms with van der Waals surface area (Å²) in [6, 6.07) is 9.26. The van der Waals surface area contributed by atoms with Crippen molar-refractivity contribution in [3.8, 4) is 5.88 Å². The number of ether oxygens (including phenoxy) is 1. The van der Waals surface area contributed by atoms with E-state index in [1.807, 2.05) is 6.92 Å². The lowest BCUT2D eigenvalue weighted by Gasteiger charge is -2.09. The Kier molecular flexibility index (Phi) is 6.49. The number of nitrogens with zero attached hydrogens (tertiary/aromatic N) is 1. The molecule has 0 aliphatic rings. The molecule has 2 rings (SSSR count). The van der Waals surface area contributed by atoms with E-state index in [4.69, 9.17) is 4.74 Å². The Morgan fingerprint density at radius 1 is 1.24 bits per heavy atom. The second kappa shape index (κ2) is 8.59. The van der Waals surface area contributed by atoms with E-state index in [1.165, 1.54) is 25.4 Å². The molecule has 7 nitrogen and oxygen atoms in total. The number of pyridine rings is 1. The third-order valence-electron chi connectivity index (χ3n) is 3.43. The molecule has 0 fully saturated rings. The molecule has 134 valence electrons. The number of unbranched alkanes of at least 4 members (excludes halogenated alkanes) is 1. The van der Waals surface area contributed by atoms with Crippen LogP contribution >= 0.6 is 0 Å². The molecular weight excluding hydrogens is 342 g/mol. The summed E-state index contributed by atoms with van der Waals surface area (Å²) in [5.41, 5.74) is 0.731. The van der Waals surface area contributed by atoms with Gasteiger partial charge in [-0.15, -0.1) is 0 Å². The number of amides is 1. The van der Waals surface area contributed by atoms with Crippen LogP contribution in [0.3, 0.4) is 0 Å². The van der Waals surface area contributed by atoms with E-state index in [0.717, 1.165) is 12.8 Å². The number of anilines is 1. The van der Waals surface area contributed by atoms with E-state index in [0.29, 0.717) is 23.7 Å². The maximum atomic E-state index is 12.2. The largest absolute Gasteiger partial charge is 0.481 e. The Bertz CT molecular complexity index is 820. The number of sulfonamides is 1. The lowest BCUT2D eigenvalue weighted by molar-refractivity contribution is 0.102. The molecule has 0 saturated carbocycles. The van der Waals surface area contributed by atoms with Crippen LogP contribution in [-0.2, 0) is 10.0 Å². The van der Waals surface area contributed by atoms with Crippen molar-refractivity contribution in [2.75, 3.05) is 19.0 Å². The van der Waals surface area contributed by atoms with Crippen LogP contribution in [0.15, 0.2) is 47.5 Å². The van der Waals surface area contributed by atoms with Gasteiger partial charge in [0.05, 0.1) is 17.6 Å². The maximum absolute atomic E-state index is 12.2. The van der Waals surface area contributed by atoms with Gasteiger partial charge in [-0.05, 0) is 30.7 Å². The van der Waals surface area contributed by atoms with Gasteiger partial charge >= 0.3 is 0 Å². The topological polar surface area (TPSA) is 97.4 Å². The Morgan fingerprint density at radius 2 is 2.04 bits per heavy atom. The minimum Gasteiger partial charge on any atom is -0.481 e. The highest BCUT2D eigenvalue weighted by Gasteiger charge is 2.14. The fourth-order valence-corrected chi connectivity index (χ4v) is 3.17. The molecule has 0 aliphatic carbocycles. The lowest BCUT2D eigenvalue weighted by atomic mass is 10.2. The summed E-state index contributed by atoms with van der Waals surface area (Å²) in [6.45, 7) is 2.37. The third-order valence-corrected chi connectivity index (χ3v) is 4.89. The third kappa shape index (κ3) is 5.27. The second-order valence-corrected chi connectivity index (χ2v) is 7.09. The molecule has 25 heavy (non-hydrogen) atoms. The minimum atomic E-state index is -3.59. The van der Waals surface area contributed by atoms with Crippen LogP contribution in [0.1, 0.15) is 30.1 Å². The lowest BCUT2D eigenvalue weighted by Crippen LogP contribution is -2.24. The molecule has 0 radical (unpaired) electrons. The first kappa shape index (κ1) is 18.9. The van der Waals surface area contributed by atoms with E-state index < -0.39 is 10.0 Å². The van der Waals surface area contributed by atoms with Crippen LogP contribution in [0, 0.1) is 0 Å². The Labute approximate surface area is 147 Å². The van der Waals surface area contributed by atoms with E-state index in [1.54, 1.807) is 24.3 Å². The molecule has 0 spiro atoms. The van der Waals surface area contributed by atoms with Gasteiger partial charge < -0.3 is 10.1 Å². The van der Waals surface area contributed by atoms with Crippen molar-refractivity contribution in [1.29, 1.82) is 0 Å². The summed E-state index contributed by atoms with van der Waals surface area (Å²) >= 11 is 0. The van der Waals surface area contributed by atoms with Crippen LogP contribution in [0.5, 0.6) is 5.88 Å². The van der Waals surface area contributed by atoms with Gasteiger partial charge in [-0.3, -0.25) is 4.79 Å². The summed E-state index contributed by atoms with van der Waals surface area (Å²) in [5.74, 6) is 0.0198. The van der Waals surface area contributed by atoms with E-state index in [9.17, 15) is 13.2 Å². The highest BCUT2D eigenvalue weighted by molar-refractivity contribution is 7.89. The van der Waals surface area contributed by atoms with Gasteiger partial charge in [-0.25, -0.2) is 18.1 Å². The molecule has 2 aromatic rings. The molecule has 0 atom stereocenters. The van der Waals surface area contributed by atoms with Gasteiger partial charge in [0.15, 0.2) is 0 Å². The molecule has 2 N–H and O–H groups in total. The smallest absolute Gasteiger partial charge is 0.257 e. The summed E-state index contributed by atoms with van der Waals surface area (Å²) in [7, 11) is -2.11. The van der Waals surface area contributed by atoms with E-state index in [-0.39, 0.29) is 10.8 Å². The molecule has 0 saturated heterocycles. The number of benzene rings is 1. The van der Waals surface area contributed by atoms with Gasteiger partial charge in [0, 0.05) is 24.5 Å². The van der Waals surface area contributed by atoms with Crippen LogP contribution in [0.25, 0.3) is 0 Å². The SMILES string of the molecule is CCCCNS(=O)(=O)c1cccc(NC(=O)c2ccc(OC)nc2)c1. The van der Waals surface area contributed by atoms with Crippen molar-refractivity contribution in [3.05, 3.63) is 48.2 Å². The minimum absolute atomic E-state index is 0.106. The van der Waals surface area contributed by atoms with Gasteiger partial charge in [0.1, 0.15) is 0 Å². The second-order valence-electron chi connectivity index (χ2n) is 5.32. The molecule has 1 aromatic heterocycles. The number of hydrogen-bond donors (Lipinski definition) is 2. The standard InChI is InChI=1S/C17H21N3O4S/c1-3-4-10-19-25(22,23)15-7-5-6-14(11-15)20-17(21)13-8-9-16(24-2)18-12-13/h5-9,11-12,19H,3-4,10H2,1-2H3,(H,20,21). The average Bonchev–Trinajstić information content (AvgIpc) is 2.62. The summed E-state index contributed by atoms with van der Waals surface area (Å²) in [5, 5.41) is 2.66. The zero-order valence-corrected chi connectivity index (χ0v) is 15.0. The van der Waals surface area contributed by atoms with Crippen molar-refractivity contribution in [1.82, 2.24) is 9.71 Å². The molecular formula is C17H21N3O4S. The fraction of sp³-hybridized carbons (Fsp3) is 0.294. The van der Waals surface area contributed by atoms with Gasteiger partial charge in [-0.1, -0.05) is 19.4 Å². The molecule has 1 aromatic carbocycles. The van der Waals surface area contributed by atoms with Crippen molar-refractivity contribution in [3.63, 3.8) is 0 Å². The normalized spacial score (nSPS) is 11.1. The van der Waals surface area contributed by atoms with E-state index in [2.05, 4.69) is 15.0 Å². The van der Waals surface area contributed by atoms with Crippen molar-refractivity contribution < 1.29 is 17.9 Å². The predicted molar refractivity (Wildman–Crippen MR) is 95.3 cm³/mol. The highest BCUT2D eigenvalue weighted by Crippen LogP contribution is 2.17. The first-order chi connectivity index (χ1) is 12.0. The average molecular weight is 363 g/mol. The molecule has 1 heterocycles. The van der Waals surface area contributed by atoms with Gasteiger partial charge in [-0.2, -0.15) is 0 Å². The molecule has 8 heteroatoms. The monoisotopic (exact) mass is 363 g/mol. The first-order valence-corrected chi connectivity index (χ1v) is 9.35. The number of nitrogens with one attached hydrogen (secondary N) is 2. The van der Waals surface area contributed by atoms with Crippen molar-refractivity contribution >= 4 is 21.6 Å². The Balaban J connectivity index is 2.11. The van der Waals surface area contributed by atoms with Crippen molar-refractivity contribution in [2.45, 2.75) is 24.7 Å². The number of aromatic nitrogens is 1. The van der Waals surface area contributed by atoms with Crippen LogP contribution < -0.4 is 14.8 Å². The molecule has 1 amide bonds. The number of methoxy groups -OCH3 is 1. The van der Waals surface area contributed by atoms with Crippen LogP contribution in [-0.4, -0.2) is 33.0 Å². The summed E-state index contributed by atoms with van der Waals surface area (Å²) in [4.78, 5) is 16.3. The molecule has 0 aliphatic heterocycles. The Hall–Kier alpha value is -2.45. The highest BCUT2D eigenvalue weighted by atomic mass is 32.2. The molecule has 0 unspecified atom stereocenters. The Morgan fingerprint density at radius 3 is 2.68 bits per heavy atom. The van der Waals surface area contributed by atoms with Crippen LogP contribution in [0.4, 0.5) is 5.69 Å². The van der Waals surface area contributed by atoms with Crippen LogP contribution in [0.2, 0.25) is 0 Å². The zero-order valence-electron chi connectivity index (χ0n) is 14.2. The van der Waals surface area contributed by atoms with E-state index >= 15 is 0 Å². The fourth-order valence-electron chi connectivity index (χ4n) is 2.05. The quantitative estimate of drug-likeness (QED) is 0.702. The maximum Gasteiger partial charge on any atom is 0.257 e. The first-order valence-electron chi connectivity index (χ1n) is 7.87. The number of rotatable bonds is 8. The molecule has 0 bridgehead atoms. The van der Waals surface area contributed by atoms with Crippen molar-refractivity contribution in [2.24, 2.45) is 0 Å².